The lowest BCUT2D eigenvalue weighted by molar-refractivity contribution is 0.259. The second-order valence-electron chi connectivity index (χ2n) is 30.9. The summed E-state index contributed by atoms with van der Waals surface area (Å²) in [6.07, 6.45) is 16.7. The van der Waals surface area contributed by atoms with E-state index in [1.807, 2.05) is 124 Å². The molecular formula is C107H186O2S. The zero-order chi connectivity index (χ0) is 90.2. The monoisotopic (exact) mass is 1550 g/mol. The van der Waals surface area contributed by atoms with Crippen molar-refractivity contribution < 1.29 is 16.6 Å². The maximum atomic E-state index is 9.63. The first-order chi connectivity index (χ1) is 52.9. The fourth-order valence-corrected chi connectivity index (χ4v) is 10.3. The summed E-state index contributed by atoms with van der Waals surface area (Å²) >= 11 is 0. The molecule has 0 saturated heterocycles. The topological polar surface area (TPSA) is 34.1 Å². The van der Waals surface area contributed by atoms with Crippen LogP contribution in [0.1, 0.15) is 364 Å². The van der Waals surface area contributed by atoms with Gasteiger partial charge in [0.15, 0.2) is 0 Å². The predicted molar refractivity (Wildman–Crippen MR) is 515 cm³/mol. The van der Waals surface area contributed by atoms with Crippen LogP contribution in [0, 0.1) is 61.7 Å². The number of rotatable bonds is 8. The van der Waals surface area contributed by atoms with Crippen LogP contribution in [-0.4, -0.2) is 20.9 Å². The van der Waals surface area contributed by atoms with Gasteiger partial charge in [-0.15, -0.1) is 0 Å². The first-order valence-electron chi connectivity index (χ1n) is 44.7. The molecule has 0 spiro atoms. The molecule has 632 valence electrons. The SMILES string of the molecule is C.C.C1CC2C3CCC(C3)C2C1.CC.CC.CC.CC.CC(C)(C)C.CC(C)C(C)C.CC(C)c1ccccc1.CC=CC.CCC.CCc1ccc(CC)cc1.CS(C)(=O)=O.Cc1ccc(C(C)(C)c2ccc(C(C)(C)C)cc2)cc1.Cc1ccccc1.Cc1ccccc1.[3H]/C(C)=C(\[3H])C.[3H]C([3H])(C)c1ccc(C([3H])([3H])C)cc1. The van der Waals surface area contributed by atoms with Crippen molar-refractivity contribution in [3.05, 3.63) is 274 Å². The Kier molecular flexibility index (Phi) is 75.6. The summed E-state index contributed by atoms with van der Waals surface area (Å²) in [4.78, 5) is 0. The number of benzene rings is 7. The molecule has 3 heteroatoms. The maximum absolute atomic E-state index is 9.63. The van der Waals surface area contributed by atoms with Crippen LogP contribution >= 0.6 is 0 Å². The van der Waals surface area contributed by atoms with Crippen LogP contribution in [0.3, 0.4) is 0 Å². The van der Waals surface area contributed by atoms with Crippen molar-refractivity contribution in [2.75, 3.05) is 12.5 Å². The highest BCUT2D eigenvalue weighted by molar-refractivity contribution is 7.89. The number of sulfone groups is 1. The summed E-state index contributed by atoms with van der Waals surface area (Å²) < 4.78 is 62.6. The lowest BCUT2D eigenvalue weighted by Crippen LogP contribution is -2.19. The Hall–Kier alpha value is -6.03. The first-order valence-corrected chi connectivity index (χ1v) is 44.0. The molecule has 4 atom stereocenters. The zero-order valence-electron chi connectivity index (χ0n) is 83.7. The molecule has 0 aliphatic heterocycles. The van der Waals surface area contributed by atoms with Gasteiger partial charge in [-0.1, -0.05) is 457 Å². The molecule has 3 aliphatic rings. The van der Waals surface area contributed by atoms with Gasteiger partial charge in [0, 0.05) is 23.4 Å². The first kappa shape index (κ1) is 108. The van der Waals surface area contributed by atoms with E-state index in [2.05, 4.69) is 274 Å². The lowest BCUT2D eigenvalue weighted by Gasteiger charge is -2.27. The molecule has 2 nitrogen and oxygen atoms in total. The number of hydrogen-bond acceptors (Lipinski definition) is 2. The Balaban J connectivity index is -0.000000156. The maximum Gasteiger partial charge on any atom is 0.144 e. The van der Waals surface area contributed by atoms with Crippen LogP contribution in [0.2, 0.25) is 0 Å². The van der Waals surface area contributed by atoms with Crippen molar-refractivity contribution in [2.24, 2.45) is 40.9 Å². The van der Waals surface area contributed by atoms with Gasteiger partial charge in [0.1, 0.15) is 9.84 Å². The van der Waals surface area contributed by atoms with E-state index >= 15 is 0 Å². The quantitative estimate of drug-likeness (QED) is 0.142. The van der Waals surface area contributed by atoms with Crippen molar-refractivity contribution >= 4 is 9.84 Å². The molecule has 0 amide bonds. The molecule has 0 heterocycles. The van der Waals surface area contributed by atoms with Gasteiger partial charge in [-0.25, -0.2) is 8.42 Å². The lowest BCUT2D eigenvalue weighted by atomic mass is 9.76. The highest BCUT2D eigenvalue weighted by Gasteiger charge is 2.48. The molecular weight excluding hydrogens is 1350 g/mol. The summed E-state index contributed by atoms with van der Waals surface area (Å²) in [6, 6.07) is 65.1. The Morgan fingerprint density at radius 2 is 0.655 bits per heavy atom. The normalized spacial score (nSPS) is 15.2. The summed E-state index contributed by atoms with van der Waals surface area (Å²) in [6.45, 7) is 74.6. The summed E-state index contributed by atoms with van der Waals surface area (Å²) in [7, 11) is -2.67. The second kappa shape index (κ2) is 76.9. The van der Waals surface area contributed by atoms with Crippen LogP contribution < -0.4 is 0 Å². The van der Waals surface area contributed by atoms with Crippen LogP contribution in [0.25, 0.3) is 0 Å². The highest BCUT2D eigenvalue weighted by atomic mass is 32.2. The molecule has 7 aromatic rings. The Bertz CT molecular complexity index is 3290. The zero-order valence-corrected chi connectivity index (χ0v) is 78.5. The smallest absolute Gasteiger partial charge is 0.144 e. The van der Waals surface area contributed by atoms with Crippen molar-refractivity contribution in [3.8, 4) is 0 Å². The Labute approximate surface area is 700 Å². The fraction of sp³-hybridized carbons (Fsp3) is 0.570. The van der Waals surface area contributed by atoms with E-state index in [1.165, 1.54) is 94.0 Å². The van der Waals surface area contributed by atoms with Crippen molar-refractivity contribution in [1.29, 1.82) is 0 Å². The predicted octanol–water partition coefficient (Wildman–Crippen LogP) is 34.8. The van der Waals surface area contributed by atoms with E-state index in [0.717, 1.165) is 37.2 Å². The van der Waals surface area contributed by atoms with E-state index in [1.54, 1.807) is 76.6 Å². The summed E-state index contributed by atoms with van der Waals surface area (Å²) in [5.74, 6) is 7.16. The van der Waals surface area contributed by atoms with Gasteiger partial charge in [-0.3, -0.25) is 0 Å². The van der Waals surface area contributed by atoms with Crippen LogP contribution in [0.5, 0.6) is 0 Å². The van der Waals surface area contributed by atoms with Gasteiger partial charge < -0.3 is 0 Å². The number of aryl methyl sites for hydroxylation is 7. The largest absolute Gasteiger partial charge is 0.229 e. The third-order valence-electron chi connectivity index (χ3n) is 17.2. The van der Waals surface area contributed by atoms with Gasteiger partial charge >= 0.3 is 0 Å². The number of hydrogen-bond donors (Lipinski definition) is 0. The van der Waals surface area contributed by atoms with E-state index < -0.39 is 22.6 Å². The molecule has 0 aromatic heterocycles. The third kappa shape index (κ3) is 71.0. The van der Waals surface area contributed by atoms with E-state index in [9.17, 15) is 8.42 Å². The molecule has 110 heavy (non-hydrogen) atoms. The molecule has 0 N–H and O–H groups in total. The van der Waals surface area contributed by atoms with Gasteiger partial charge in [0.05, 0.1) is 2.74 Å². The van der Waals surface area contributed by atoms with E-state index in [4.69, 9.17) is 8.22 Å². The Morgan fingerprint density at radius 1 is 0.409 bits per heavy atom. The minimum absolute atomic E-state index is 0. The van der Waals surface area contributed by atoms with Gasteiger partial charge in [0.2, 0.25) is 0 Å². The standard InChI is InChI=1S/C20H26.C10H16.2C10H14.C9H12.2C7H8.C6H14.C5H12.2C4H8.C3H8.C2H6O2S.4C2H6.2CH4/c1-15-7-9-17(10-8-15)20(5,6)18-13-11-16(12-14-18)19(2,3)4;1-2-9-7-4-5-8(6-7)10(9)3-1;2*1-3-9-5-7-10(4-2)8-6-9;1-8(2)9-6-4-3-5-7-9;2*1-7-5-3-2-4-6-7;1-5(2)6(3)4;1-5(2,3)4;2*1-3-4-2;1-3-2;1-5(2,3)4;4*1-2;;/h7-14H,1-6H3;7-10H,1-6H2;2*5-8H,3-4H2,1-2H3;3-8H,1-2H3;2*2-6H,1H3;5-6H,1-4H3;1-4H3;2*3-4H,1-2H3;3H2,1-2H3;1-2H3;4*1-2H3;2*1H4/b;;;;;;;;;4-3-;;;;;;;;;/i;;3T2,4T2;;;;;;;3T,4T;;;;;;;;;. The summed E-state index contributed by atoms with van der Waals surface area (Å²) in [5, 5.41) is 0. The minimum Gasteiger partial charge on any atom is -0.229 e. The molecule has 3 fully saturated rings. The minimum atomic E-state index is -2.67. The number of fused-ring (bicyclic) bond motifs is 5. The van der Waals surface area contributed by atoms with E-state index in [-0.39, 0.29) is 25.7 Å². The summed E-state index contributed by atoms with van der Waals surface area (Å²) in [5.41, 5.74) is 14.3. The van der Waals surface area contributed by atoms with Crippen LogP contribution in [0.15, 0.2) is 212 Å². The highest BCUT2D eigenvalue weighted by Crippen LogP contribution is 2.58. The average Bonchev–Trinajstić information content (AvgIpc) is 1.57. The van der Waals surface area contributed by atoms with Gasteiger partial charge in [-0.2, -0.15) is 0 Å². The molecule has 3 saturated carbocycles. The van der Waals surface area contributed by atoms with Crippen molar-refractivity contribution in [3.63, 3.8) is 0 Å². The van der Waals surface area contributed by atoms with Gasteiger partial charge in [-0.05, 0) is 203 Å². The second-order valence-corrected chi connectivity index (χ2v) is 33.2. The molecule has 10 rings (SSSR count). The molecule has 2 bridgehead atoms. The van der Waals surface area contributed by atoms with Gasteiger partial charge in [0.25, 0.3) is 0 Å². The molecule has 4 unspecified atom stereocenters. The van der Waals surface area contributed by atoms with Crippen molar-refractivity contribution in [2.45, 2.75) is 351 Å². The fourth-order valence-electron chi connectivity index (χ4n) is 10.3. The average molecular weight is 1550 g/mol. The van der Waals surface area contributed by atoms with E-state index in [0.29, 0.717) is 34.6 Å². The van der Waals surface area contributed by atoms with Crippen LogP contribution in [-0.2, 0) is 46.3 Å². The molecule has 0 radical (unpaired) electrons. The number of allylic oxidation sites excluding steroid dienone is 4. The Morgan fingerprint density at radius 3 is 0.855 bits per heavy atom. The third-order valence-corrected chi connectivity index (χ3v) is 17.2. The molecule has 7 aromatic carbocycles. The van der Waals surface area contributed by atoms with Crippen molar-refractivity contribution in [1.82, 2.24) is 0 Å². The van der Waals surface area contributed by atoms with Crippen LogP contribution in [0.4, 0.5) is 0 Å². The molecule has 3 aliphatic carbocycles.